The second-order valence-electron chi connectivity index (χ2n) is 9.81. The minimum Gasteiger partial charge on any atom is -0.351 e. The number of nitrogens with one attached hydrogen (secondary N) is 2. The van der Waals surface area contributed by atoms with Crippen LogP contribution in [0.2, 0.25) is 0 Å². The smallest absolute Gasteiger partial charge is 0.250 e. The van der Waals surface area contributed by atoms with Crippen LogP contribution in [0.5, 0.6) is 0 Å². The zero-order chi connectivity index (χ0) is 26.4. The highest BCUT2D eigenvalue weighted by Gasteiger charge is 2.39. The molecule has 2 saturated heterocycles. The Kier molecular flexibility index (Phi) is 6.41. The van der Waals surface area contributed by atoms with Gasteiger partial charge in [0.15, 0.2) is 11.3 Å². The highest BCUT2D eigenvalue weighted by molar-refractivity contribution is 9.10. The predicted molar refractivity (Wildman–Crippen MR) is 150 cm³/mol. The lowest BCUT2D eigenvalue weighted by Crippen LogP contribution is -2.39. The van der Waals surface area contributed by atoms with Gasteiger partial charge in [-0.3, -0.25) is 4.79 Å². The van der Waals surface area contributed by atoms with Crippen molar-refractivity contribution in [2.24, 2.45) is 0 Å². The number of nitrogens with zero attached hydrogens (tertiary/aromatic N) is 3. The fourth-order valence-corrected chi connectivity index (χ4v) is 5.65. The third-order valence-electron chi connectivity index (χ3n) is 7.16. The lowest BCUT2D eigenvalue weighted by atomic mass is 9.87. The van der Waals surface area contributed by atoms with E-state index in [1.165, 1.54) is 12.1 Å². The molecule has 0 bridgehead atoms. The summed E-state index contributed by atoms with van der Waals surface area (Å²) in [5, 5.41) is 12.0. The van der Waals surface area contributed by atoms with Crippen LogP contribution in [0.25, 0.3) is 16.9 Å². The summed E-state index contributed by atoms with van der Waals surface area (Å²) in [5.74, 6) is -0.401. The van der Waals surface area contributed by atoms with E-state index in [4.69, 9.17) is 22.1 Å². The summed E-state index contributed by atoms with van der Waals surface area (Å²) in [5.41, 5.74) is 4.98. The number of carbonyl (C=O) groups is 1. The van der Waals surface area contributed by atoms with E-state index < -0.39 is 6.23 Å². The third-order valence-corrected chi connectivity index (χ3v) is 7.89. The van der Waals surface area contributed by atoms with Crippen molar-refractivity contribution in [3.63, 3.8) is 0 Å². The highest BCUT2D eigenvalue weighted by Crippen LogP contribution is 2.37. The molecule has 1 aromatic heterocycles. The van der Waals surface area contributed by atoms with E-state index in [-0.39, 0.29) is 23.9 Å². The van der Waals surface area contributed by atoms with Gasteiger partial charge < -0.3 is 20.3 Å². The molecule has 2 N–H and O–H groups in total. The zero-order valence-corrected chi connectivity index (χ0v) is 23.0. The molecule has 1 aliphatic carbocycles. The van der Waals surface area contributed by atoms with Crippen molar-refractivity contribution < 1.29 is 13.9 Å². The number of amides is 1. The Hall–Kier alpha value is -3.34. The Bertz CT molecular complexity index is 1480. The fourth-order valence-electron chi connectivity index (χ4n) is 5.05. The van der Waals surface area contributed by atoms with Crippen molar-refractivity contribution in [2.45, 2.75) is 31.5 Å². The Balaban J connectivity index is 1.30. The fraction of sp³-hybridized carbons (Fsp3) is 0.250. The number of carbonyl (C=O) groups excluding carboxylic acids is 1. The number of rotatable bonds is 6. The van der Waals surface area contributed by atoms with Gasteiger partial charge in [0.1, 0.15) is 18.1 Å². The van der Waals surface area contributed by atoms with E-state index in [1.807, 2.05) is 30.5 Å². The second kappa shape index (κ2) is 9.76. The van der Waals surface area contributed by atoms with Crippen molar-refractivity contribution in [3.05, 3.63) is 94.0 Å². The summed E-state index contributed by atoms with van der Waals surface area (Å²) in [7, 11) is 0. The van der Waals surface area contributed by atoms with Crippen LogP contribution >= 0.6 is 28.1 Å². The summed E-state index contributed by atoms with van der Waals surface area (Å²) in [6, 6.07) is 14.0. The summed E-state index contributed by atoms with van der Waals surface area (Å²) in [6.07, 6.45) is 7.07. The van der Waals surface area contributed by atoms with Crippen LogP contribution in [0.4, 0.5) is 4.39 Å². The molecule has 2 aliphatic heterocycles. The van der Waals surface area contributed by atoms with Crippen molar-refractivity contribution in [3.8, 4) is 16.9 Å². The SMILES string of the molecule is CC12CC=C(CCN3C(=O)COC3c3cn(-c4ccc(Br)cc4)nc3-c3ccc(F)cc3)C=C1NC(=S)N2. The number of hydrogen-bond acceptors (Lipinski definition) is 4. The first kappa shape index (κ1) is 25.0. The average Bonchev–Trinajstić information content (AvgIpc) is 3.57. The molecular weight excluding hydrogens is 569 g/mol. The molecule has 3 aromatic rings. The Labute approximate surface area is 233 Å². The molecule has 6 rings (SSSR count). The lowest BCUT2D eigenvalue weighted by molar-refractivity contribution is -0.128. The molecule has 2 unspecified atom stereocenters. The molecule has 38 heavy (non-hydrogen) atoms. The van der Waals surface area contributed by atoms with E-state index in [9.17, 15) is 9.18 Å². The monoisotopic (exact) mass is 593 g/mol. The number of thiocarbonyl (C=S) groups is 1. The number of aromatic nitrogens is 2. The molecule has 194 valence electrons. The molecular formula is C28H25BrFN5O2S. The molecule has 0 radical (unpaired) electrons. The van der Waals surface area contributed by atoms with Gasteiger partial charge in [0, 0.05) is 34.0 Å². The van der Waals surface area contributed by atoms with Crippen LogP contribution in [-0.2, 0) is 9.53 Å². The van der Waals surface area contributed by atoms with Crippen LogP contribution < -0.4 is 10.6 Å². The minimum atomic E-state index is -0.604. The Morgan fingerprint density at radius 2 is 1.97 bits per heavy atom. The first-order valence-corrected chi connectivity index (χ1v) is 13.5. The molecule has 0 spiro atoms. The van der Waals surface area contributed by atoms with Crippen LogP contribution in [0.15, 0.2) is 82.6 Å². The van der Waals surface area contributed by atoms with E-state index in [0.717, 1.165) is 39.0 Å². The maximum Gasteiger partial charge on any atom is 0.250 e. The van der Waals surface area contributed by atoms with Gasteiger partial charge in [-0.1, -0.05) is 22.0 Å². The van der Waals surface area contributed by atoms with Gasteiger partial charge in [0.05, 0.1) is 11.2 Å². The number of allylic oxidation sites excluding steroid dienone is 1. The van der Waals surface area contributed by atoms with Crippen LogP contribution in [-0.4, -0.2) is 44.4 Å². The number of ether oxygens (including phenoxy) is 1. The second-order valence-corrected chi connectivity index (χ2v) is 11.1. The van der Waals surface area contributed by atoms with Gasteiger partial charge in [-0.25, -0.2) is 9.07 Å². The standard InChI is InChI=1S/C28H25BrFN5O2S/c1-28-12-10-17(14-23(28)31-27(38)32-28)11-13-34-24(36)16-37-26(34)22-15-35(21-8-4-19(29)5-9-21)33-25(22)18-2-6-20(30)7-3-18/h2-10,14-15,26H,11-13,16H2,1H3,(H2,31,32,38). The summed E-state index contributed by atoms with van der Waals surface area (Å²) in [4.78, 5) is 14.7. The molecule has 3 heterocycles. The minimum absolute atomic E-state index is 0.00502. The van der Waals surface area contributed by atoms with Gasteiger partial charge in [-0.05, 0) is 92.2 Å². The summed E-state index contributed by atoms with van der Waals surface area (Å²) >= 11 is 8.77. The first-order valence-electron chi connectivity index (χ1n) is 12.3. The molecule has 2 fully saturated rings. The summed E-state index contributed by atoms with van der Waals surface area (Å²) in [6.45, 7) is 2.60. The van der Waals surface area contributed by atoms with E-state index in [2.05, 4.69) is 45.6 Å². The number of benzene rings is 2. The molecule has 2 atom stereocenters. The number of fused-ring (bicyclic) bond motifs is 1. The topological polar surface area (TPSA) is 71.4 Å². The van der Waals surface area contributed by atoms with Gasteiger partial charge in [0.25, 0.3) is 5.91 Å². The molecule has 2 aromatic carbocycles. The predicted octanol–water partition coefficient (Wildman–Crippen LogP) is 5.14. The lowest BCUT2D eigenvalue weighted by Gasteiger charge is -2.28. The van der Waals surface area contributed by atoms with E-state index >= 15 is 0 Å². The highest BCUT2D eigenvalue weighted by atomic mass is 79.9. The molecule has 10 heteroatoms. The molecule has 7 nitrogen and oxygen atoms in total. The van der Waals surface area contributed by atoms with Crippen molar-refractivity contribution in [2.75, 3.05) is 13.2 Å². The van der Waals surface area contributed by atoms with Crippen molar-refractivity contribution in [1.29, 1.82) is 0 Å². The van der Waals surface area contributed by atoms with Crippen molar-refractivity contribution >= 4 is 39.2 Å². The maximum atomic E-state index is 13.7. The normalized spacial score (nSPS) is 22.6. The molecule has 3 aliphatic rings. The molecule has 0 saturated carbocycles. The number of hydrogen-bond donors (Lipinski definition) is 2. The average molecular weight is 595 g/mol. The quantitative estimate of drug-likeness (QED) is 0.386. The van der Waals surface area contributed by atoms with Gasteiger partial charge >= 0.3 is 0 Å². The first-order chi connectivity index (χ1) is 18.3. The summed E-state index contributed by atoms with van der Waals surface area (Å²) < 4.78 is 22.4. The Morgan fingerprint density at radius 3 is 2.74 bits per heavy atom. The van der Waals surface area contributed by atoms with Crippen LogP contribution in [0.1, 0.15) is 31.6 Å². The maximum absolute atomic E-state index is 13.7. The van der Waals surface area contributed by atoms with Crippen LogP contribution in [0, 0.1) is 5.82 Å². The van der Waals surface area contributed by atoms with E-state index in [1.54, 1.807) is 21.7 Å². The Morgan fingerprint density at radius 1 is 1.21 bits per heavy atom. The third kappa shape index (κ3) is 4.68. The zero-order valence-electron chi connectivity index (χ0n) is 20.6. The van der Waals surface area contributed by atoms with Crippen molar-refractivity contribution in [1.82, 2.24) is 25.3 Å². The molecule has 1 amide bonds. The van der Waals surface area contributed by atoms with Gasteiger partial charge in [0.2, 0.25) is 0 Å². The van der Waals surface area contributed by atoms with Crippen LogP contribution in [0.3, 0.4) is 0 Å². The largest absolute Gasteiger partial charge is 0.351 e. The van der Waals surface area contributed by atoms with Gasteiger partial charge in [-0.15, -0.1) is 0 Å². The number of halogens is 2. The van der Waals surface area contributed by atoms with Gasteiger partial charge in [-0.2, -0.15) is 5.10 Å². The van der Waals surface area contributed by atoms with E-state index in [0.29, 0.717) is 23.8 Å².